The number of hydrogen-bond donors (Lipinski definition) is 0. The van der Waals surface area contributed by atoms with E-state index in [1.54, 1.807) is 29.9 Å². The summed E-state index contributed by atoms with van der Waals surface area (Å²) in [5.74, 6) is 0.101. The van der Waals surface area contributed by atoms with Gasteiger partial charge in [-0.25, -0.2) is 9.18 Å². The van der Waals surface area contributed by atoms with Gasteiger partial charge in [-0.2, -0.15) is 0 Å². The Bertz CT molecular complexity index is 1260. The van der Waals surface area contributed by atoms with Crippen molar-refractivity contribution in [2.45, 2.75) is 25.9 Å². The molecule has 1 aliphatic heterocycles. The van der Waals surface area contributed by atoms with Gasteiger partial charge in [0, 0.05) is 56.3 Å². The van der Waals surface area contributed by atoms with Crippen molar-refractivity contribution in [2.24, 2.45) is 0 Å². The minimum Gasteiger partial charge on any atom is -0.496 e. The van der Waals surface area contributed by atoms with Crippen LogP contribution >= 0.6 is 0 Å². The molecule has 0 aliphatic carbocycles. The van der Waals surface area contributed by atoms with Crippen LogP contribution in [0.25, 0.3) is 0 Å². The summed E-state index contributed by atoms with van der Waals surface area (Å²) in [5.41, 5.74) is 2.16. The topological polar surface area (TPSA) is 70.0 Å². The average Bonchev–Trinajstić information content (AvgIpc) is 3.08. The number of methoxy groups -OCH3 is 2. The van der Waals surface area contributed by atoms with E-state index in [-0.39, 0.29) is 29.3 Å². The third-order valence-corrected chi connectivity index (χ3v) is 6.25. The Labute approximate surface area is 203 Å². The predicted molar refractivity (Wildman–Crippen MR) is 130 cm³/mol. The summed E-state index contributed by atoms with van der Waals surface area (Å²) >= 11 is 0. The van der Waals surface area contributed by atoms with Crippen molar-refractivity contribution < 1.29 is 23.4 Å². The maximum absolute atomic E-state index is 14.0. The summed E-state index contributed by atoms with van der Waals surface area (Å²) in [7, 11) is 2.95. The van der Waals surface area contributed by atoms with Gasteiger partial charge in [0.1, 0.15) is 22.9 Å². The highest BCUT2D eigenvalue weighted by atomic mass is 19.1. The number of halogens is 1. The number of esters is 1. The van der Waals surface area contributed by atoms with E-state index in [4.69, 9.17) is 14.2 Å². The molecular formula is C27H29FN2O5. The van der Waals surface area contributed by atoms with Crippen molar-refractivity contribution in [1.29, 1.82) is 0 Å². The van der Waals surface area contributed by atoms with Gasteiger partial charge in [0.25, 0.3) is 5.56 Å². The van der Waals surface area contributed by atoms with E-state index in [2.05, 4.69) is 4.90 Å². The predicted octanol–water partition coefficient (Wildman–Crippen LogP) is 3.46. The van der Waals surface area contributed by atoms with Gasteiger partial charge in [0.15, 0.2) is 0 Å². The number of nitrogens with zero attached hydrogens (tertiary/aromatic N) is 2. The number of rotatable bonds is 8. The maximum Gasteiger partial charge on any atom is 0.343 e. The van der Waals surface area contributed by atoms with E-state index in [9.17, 15) is 14.0 Å². The number of carbonyl (C=O) groups excluding carboxylic acids is 1. The third-order valence-electron chi connectivity index (χ3n) is 6.25. The van der Waals surface area contributed by atoms with Gasteiger partial charge in [-0.15, -0.1) is 0 Å². The third kappa shape index (κ3) is 5.54. The van der Waals surface area contributed by atoms with Crippen molar-refractivity contribution in [3.05, 3.63) is 93.2 Å². The zero-order valence-electron chi connectivity index (χ0n) is 20.0. The number of ether oxygens (including phenoxy) is 3. The maximum atomic E-state index is 14.0. The first-order valence-corrected chi connectivity index (χ1v) is 11.6. The van der Waals surface area contributed by atoms with Crippen LogP contribution in [0.3, 0.4) is 0 Å². The number of fused-ring (bicyclic) bond motifs is 1. The molecule has 184 valence electrons. The number of pyridine rings is 1. The highest BCUT2D eigenvalue weighted by Crippen LogP contribution is 2.26. The lowest BCUT2D eigenvalue weighted by Crippen LogP contribution is -2.29. The van der Waals surface area contributed by atoms with Crippen LogP contribution in [-0.2, 0) is 30.7 Å². The molecule has 0 unspecified atom stereocenters. The molecule has 2 heterocycles. The Morgan fingerprint density at radius 2 is 1.71 bits per heavy atom. The van der Waals surface area contributed by atoms with Crippen molar-refractivity contribution in [3.8, 4) is 11.5 Å². The van der Waals surface area contributed by atoms with E-state index in [1.165, 1.54) is 19.2 Å². The molecule has 0 bridgehead atoms. The second-order valence-corrected chi connectivity index (χ2v) is 8.34. The first-order valence-electron chi connectivity index (χ1n) is 11.6. The molecule has 7 nitrogen and oxygen atoms in total. The molecule has 0 spiro atoms. The van der Waals surface area contributed by atoms with Crippen LogP contribution in [-0.4, -0.2) is 49.4 Å². The molecule has 0 fully saturated rings. The molecule has 1 aromatic heterocycles. The van der Waals surface area contributed by atoms with Crippen LogP contribution in [0.1, 0.15) is 27.2 Å². The fourth-order valence-corrected chi connectivity index (χ4v) is 4.43. The van der Waals surface area contributed by atoms with Crippen LogP contribution in [0.2, 0.25) is 0 Å². The Morgan fingerprint density at radius 3 is 2.46 bits per heavy atom. The van der Waals surface area contributed by atoms with Gasteiger partial charge in [-0.1, -0.05) is 36.4 Å². The molecule has 0 atom stereocenters. The van der Waals surface area contributed by atoms with Crippen LogP contribution in [0.15, 0.2) is 59.4 Å². The Morgan fingerprint density at radius 1 is 0.971 bits per heavy atom. The van der Waals surface area contributed by atoms with E-state index in [0.29, 0.717) is 50.3 Å². The molecule has 8 heteroatoms. The summed E-state index contributed by atoms with van der Waals surface area (Å²) in [5, 5.41) is 0. The van der Waals surface area contributed by atoms with E-state index >= 15 is 0 Å². The molecule has 1 aliphatic rings. The van der Waals surface area contributed by atoms with Crippen molar-refractivity contribution in [2.75, 3.05) is 33.9 Å². The standard InChI is InChI=1S/C27H29FN2O5/c1-33-23-10-6-4-8-20(23)18-29-13-11-22-26(27(32)34-2)24(17-25(31)30(22)15-14-29)35-16-12-19-7-3-5-9-21(19)28/h3-10,17H,11-16,18H2,1-2H3. The lowest BCUT2D eigenvalue weighted by Gasteiger charge is -2.20. The molecule has 0 saturated carbocycles. The molecule has 3 aromatic rings. The van der Waals surface area contributed by atoms with Crippen molar-refractivity contribution >= 4 is 5.97 Å². The van der Waals surface area contributed by atoms with Crippen molar-refractivity contribution in [1.82, 2.24) is 9.47 Å². The fourth-order valence-electron chi connectivity index (χ4n) is 4.43. The molecule has 4 rings (SSSR count). The summed E-state index contributed by atoms with van der Waals surface area (Å²) in [6.07, 6.45) is 0.776. The van der Waals surface area contributed by atoms with Gasteiger partial charge in [0.05, 0.1) is 20.8 Å². The SMILES string of the molecule is COC(=O)c1c(OCCc2ccccc2F)cc(=O)n2c1CCN(Cc1ccccc1OC)CC2. The zero-order chi connectivity index (χ0) is 24.8. The summed E-state index contributed by atoms with van der Waals surface area (Å²) in [4.78, 5) is 28.0. The summed E-state index contributed by atoms with van der Waals surface area (Å²) in [6, 6.07) is 15.6. The molecule has 0 saturated heterocycles. The van der Waals surface area contributed by atoms with Crippen LogP contribution in [0, 0.1) is 5.82 Å². The minimum absolute atomic E-state index is 0.119. The van der Waals surface area contributed by atoms with E-state index in [1.807, 2.05) is 24.3 Å². The normalized spacial score (nSPS) is 13.6. The van der Waals surface area contributed by atoms with E-state index < -0.39 is 5.97 Å². The van der Waals surface area contributed by atoms with E-state index in [0.717, 1.165) is 11.3 Å². The lowest BCUT2D eigenvalue weighted by atomic mass is 10.1. The monoisotopic (exact) mass is 480 g/mol. The highest BCUT2D eigenvalue weighted by molar-refractivity contribution is 5.93. The van der Waals surface area contributed by atoms with Crippen molar-refractivity contribution in [3.63, 3.8) is 0 Å². The second kappa shape index (κ2) is 11.2. The number of carbonyl (C=O) groups is 1. The molecule has 35 heavy (non-hydrogen) atoms. The summed E-state index contributed by atoms with van der Waals surface area (Å²) < 4.78 is 31.9. The number of para-hydroxylation sites is 1. The Hall–Kier alpha value is -3.65. The second-order valence-electron chi connectivity index (χ2n) is 8.34. The largest absolute Gasteiger partial charge is 0.496 e. The van der Waals surface area contributed by atoms with Gasteiger partial charge >= 0.3 is 5.97 Å². The highest BCUT2D eigenvalue weighted by Gasteiger charge is 2.26. The van der Waals surface area contributed by atoms with Gasteiger partial charge < -0.3 is 18.8 Å². The number of aromatic nitrogens is 1. The van der Waals surface area contributed by atoms with Crippen LogP contribution in [0.5, 0.6) is 11.5 Å². The van der Waals surface area contributed by atoms with Crippen LogP contribution in [0.4, 0.5) is 4.39 Å². The quantitative estimate of drug-likeness (QED) is 0.460. The smallest absolute Gasteiger partial charge is 0.343 e. The molecular weight excluding hydrogens is 451 g/mol. The van der Waals surface area contributed by atoms with Gasteiger partial charge in [-0.05, 0) is 17.7 Å². The zero-order valence-corrected chi connectivity index (χ0v) is 20.0. The molecule has 0 radical (unpaired) electrons. The lowest BCUT2D eigenvalue weighted by molar-refractivity contribution is 0.0593. The van der Waals surface area contributed by atoms with Gasteiger partial charge in [-0.3, -0.25) is 9.69 Å². The first kappa shape index (κ1) is 24.5. The molecule has 0 N–H and O–H groups in total. The fraction of sp³-hybridized carbons (Fsp3) is 0.333. The molecule has 2 aromatic carbocycles. The average molecular weight is 481 g/mol. The van der Waals surface area contributed by atoms with Gasteiger partial charge in [0.2, 0.25) is 0 Å². The van der Waals surface area contributed by atoms with Crippen LogP contribution < -0.4 is 15.0 Å². The Balaban J connectivity index is 1.56. The first-order chi connectivity index (χ1) is 17.0. The molecule has 0 amide bonds. The minimum atomic E-state index is -0.562. The number of hydrogen-bond acceptors (Lipinski definition) is 6. The summed E-state index contributed by atoms with van der Waals surface area (Å²) in [6.45, 7) is 2.49. The number of benzene rings is 2. The Kier molecular flexibility index (Phi) is 7.82.